The van der Waals surface area contributed by atoms with E-state index in [1.54, 1.807) is 29.0 Å². The van der Waals surface area contributed by atoms with E-state index < -0.39 is 17.5 Å². The highest BCUT2D eigenvalue weighted by Crippen LogP contribution is 2.35. The molecule has 0 unspecified atom stereocenters. The number of benzene rings is 2. The molecule has 0 fully saturated rings. The van der Waals surface area contributed by atoms with E-state index >= 15 is 4.39 Å². The number of carbonyl (C=O) groups excluding carboxylic acids is 1. The summed E-state index contributed by atoms with van der Waals surface area (Å²) >= 11 is 0. The number of aliphatic hydroxyl groups is 1. The Morgan fingerprint density at radius 2 is 1.95 bits per heavy atom. The molecule has 206 valence electrons. The number of aliphatic hydroxyl groups excluding tert-OH is 1. The fraction of sp³-hybridized carbons (Fsp3) is 0.133. The first-order valence-electron chi connectivity index (χ1n) is 12.6. The highest BCUT2D eigenvalue weighted by Gasteiger charge is 2.25. The van der Waals surface area contributed by atoms with Gasteiger partial charge in [-0.15, -0.1) is 0 Å². The molecule has 1 amide bonds. The highest BCUT2D eigenvalue weighted by molar-refractivity contribution is 6.02. The van der Waals surface area contributed by atoms with Crippen molar-refractivity contribution in [3.05, 3.63) is 102 Å². The average molecular weight is 557 g/mol. The van der Waals surface area contributed by atoms with Gasteiger partial charge in [-0.3, -0.25) is 15.0 Å². The zero-order valence-electron chi connectivity index (χ0n) is 21.8. The van der Waals surface area contributed by atoms with Gasteiger partial charge in [0.25, 0.3) is 5.69 Å². The fourth-order valence-corrected chi connectivity index (χ4v) is 4.34. The van der Waals surface area contributed by atoms with Crippen LogP contribution in [0.1, 0.15) is 23.0 Å². The Labute approximate surface area is 233 Å². The van der Waals surface area contributed by atoms with Crippen molar-refractivity contribution in [1.82, 2.24) is 9.55 Å². The van der Waals surface area contributed by atoms with Crippen LogP contribution in [0, 0.1) is 28.9 Å². The van der Waals surface area contributed by atoms with Gasteiger partial charge in [0, 0.05) is 54.2 Å². The molecule has 41 heavy (non-hydrogen) atoms. The summed E-state index contributed by atoms with van der Waals surface area (Å²) in [6.45, 7) is 2.24. The minimum absolute atomic E-state index is 0.0458. The molecule has 0 spiro atoms. The number of hydrogen-bond donors (Lipinski definition) is 3. The van der Waals surface area contributed by atoms with Crippen molar-refractivity contribution in [2.45, 2.75) is 13.5 Å². The van der Waals surface area contributed by atoms with Gasteiger partial charge in [-0.25, -0.2) is 8.78 Å². The molecule has 5 rings (SSSR count). The molecule has 11 heteroatoms. The van der Waals surface area contributed by atoms with Crippen LogP contribution in [-0.2, 0) is 6.54 Å². The predicted octanol–water partition coefficient (Wildman–Crippen LogP) is 5.05. The molecule has 5 aromatic rings. The molecule has 0 aliphatic heterocycles. The fourth-order valence-electron chi connectivity index (χ4n) is 4.34. The molecular formula is C30H24F2N5O4+. The van der Waals surface area contributed by atoms with E-state index in [0.29, 0.717) is 27.9 Å². The molecular weight excluding hydrogens is 532 g/mol. The summed E-state index contributed by atoms with van der Waals surface area (Å²) in [6.07, 6.45) is 3.10. The van der Waals surface area contributed by atoms with Crippen molar-refractivity contribution in [2.75, 3.05) is 11.9 Å². The van der Waals surface area contributed by atoms with Gasteiger partial charge in [-0.1, -0.05) is 6.92 Å². The SMILES string of the molecule is C[C@@H](CO)Cn1ccc2ncc(C#N)c(Oc3ccc(NC(=O)c4cccc(-c5ccc(F)cc5)[n+]4O)cc3F)c21. The maximum absolute atomic E-state index is 15.2. The lowest BCUT2D eigenvalue weighted by Crippen LogP contribution is -2.41. The number of rotatable bonds is 8. The first kappa shape index (κ1) is 27.2. The second-order valence-electron chi connectivity index (χ2n) is 9.42. The largest absolute Gasteiger partial charge is 0.451 e. The Morgan fingerprint density at radius 1 is 1.17 bits per heavy atom. The van der Waals surface area contributed by atoms with E-state index in [2.05, 4.69) is 10.3 Å². The number of fused-ring (bicyclic) bond motifs is 1. The maximum atomic E-state index is 15.2. The Kier molecular flexibility index (Phi) is 7.58. The smallest absolute Gasteiger partial charge is 0.325 e. The highest BCUT2D eigenvalue weighted by atomic mass is 19.1. The molecule has 0 saturated carbocycles. The van der Waals surface area contributed by atoms with Gasteiger partial charge in [0.1, 0.15) is 23.0 Å². The van der Waals surface area contributed by atoms with Gasteiger partial charge >= 0.3 is 11.6 Å². The van der Waals surface area contributed by atoms with E-state index in [1.165, 1.54) is 48.7 Å². The van der Waals surface area contributed by atoms with Crippen molar-refractivity contribution < 1.29 is 33.4 Å². The van der Waals surface area contributed by atoms with Crippen molar-refractivity contribution in [3.8, 4) is 28.8 Å². The summed E-state index contributed by atoms with van der Waals surface area (Å²) in [5.74, 6) is -2.13. The van der Waals surface area contributed by atoms with Gasteiger partial charge in [-0.05, 0) is 54.4 Å². The van der Waals surface area contributed by atoms with Crippen LogP contribution >= 0.6 is 0 Å². The molecule has 0 radical (unpaired) electrons. The monoisotopic (exact) mass is 556 g/mol. The van der Waals surface area contributed by atoms with Crippen LogP contribution < -0.4 is 14.8 Å². The van der Waals surface area contributed by atoms with E-state index in [0.717, 1.165) is 6.07 Å². The van der Waals surface area contributed by atoms with Crippen molar-refractivity contribution in [3.63, 3.8) is 0 Å². The molecule has 3 heterocycles. The van der Waals surface area contributed by atoms with Gasteiger partial charge in [0.2, 0.25) is 0 Å². The standard InChI is InChI=1S/C30H23F2N5O4/c1-18(17-38)16-36-12-11-24-28(36)29(20(14-33)15-34-24)41-27-10-9-22(13-23(27)32)35-30(39)26-4-2-3-25(37(26)40)19-5-7-21(31)8-6-19/h2-13,15,18,38H,16-17H2,1H3,(H-,35,39,40)/p+1/t18-/m1/s1. The summed E-state index contributed by atoms with van der Waals surface area (Å²) in [5, 5.41) is 32.3. The molecule has 3 aromatic heterocycles. The molecule has 0 aliphatic rings. The Morgan fingerprint density at radius 3 is 2.66 bits per heavy atom. The number of halogens is 2. The molecule has 9 nitrogen and oxygen atoms in total. The lowest BCUT2D eigenvalue weighted by molar-refractivity contribution is -0.897. The minimum atomic E-state index is -0.810. The summed E-state index contributed by atoms with van der Waals surface area (Å²) < 4.78 is 36.9. The molecule has 2 aromatic carbocycles. The number of amides is 1. The van der Waals surface area contributed by atoms with Crippen LogP contribution in [0.5, 0.6) is 11.5 Å². The van der Waals surface area contributed by atoms with Crippen molar-refractivity contribution >= 4 is 22.6 Å². The van der Waals surface area contributed by atoms with Crippen LogP contribution in [0.2, 0.25) is 0 Å². The number of nitrogens with zero attached hydrogens (tertiary/aromatic N) is 4. The molecule has 1 atom stereocenters. The van der Waals surface area contributed by atoms with Crippen molar-refractivity contribution in [1.29, 1.82) is 5.26 Å². The summed E-state index contributed by atoms with van der Waals surface area (Å²) in [4.78, 5) is 17.2. The Balaban J connectivity index is 1.41. The number of aromatic nitrogens is 3. The second kappa shape index (κ2) is 11.4. The lowest BCUT2D eigenvalue weighted by atomic mass is 10.1. The quantitative estimate of drug-likeness (QED) is 0.182. The van der Waals surface area contributed by atoms with E-state index in [1.807, 2.05) is 13.0 Å². The number of pyridine rings is 2. The predicted molar refractivity (Wildman–Crippen MR) is 144 cm³/mol. The lowest BCUT2D eigenvalue weighted by Gasteiger charge is -2.15. The third-order valence-corrected chi connectivity index (χ3v) is 6.41. The van der Waals surface area contributed by atoms with Crippen LogP contribution in [-0.4, -0.2) is 32.4 Å². The molecule has 3 N–H and O–H groups in total. The summed E-state index contributed by atoms with van der Waals surface area (Å²) in [5.41, 5.74) is 1.80. The summed E-state index contributed by atoms with van der Waals surface area (Å²) in [6, 6.07) is 17.4. The van der Waals surface area contributed by atoms with Gasteiger partial charge < -0.3 is 19.7 Å². The number of carbonyl (C=O) groups is 1. The van der Waals surface area contributed by atoms with E-state index in [9.17, 15) is 24.8 Å². The Bertz CT molecular complexity index is 1800. The zero-order valence-corrected chi connectivity index (χ0v) is 21.8. The zero-order chi connectivity index (χ0) is 29.1. The molecule has 0 bridgehead atoms. The summed E-state index contributed by atoms with van der Waals surface area (Å²) in [7, 11) is 0. The van der Waals surface area contributed by atoms with E-state index in [-0.39, 0.29) is 46.7 Å². The van der Waals surface area contributed by atoms with Gasteiger partial charge in [0.05, 0.1) is 11.1 Å². The van der Waals surface area contributed by atoms with Crippen molar-refractivity contribution in [2.24, 2.45) is 5.92 Å². The Hall–Kier alpha value is -5.34. The third-order valence-electron chi connectivity index (χ3n) is 6.41. The third kappa shape index (κ3) is 5.54. The number of ether oxygens (including phenoxy) is 1. The molecule has 0 aliphatic carbocycles. The number of hydrogen-bond acceptors (Lipinski definition) is 6. The maximum Gasteiger partial charge on any atom is 0.325 e. The van der Waals surface area contributed by atoms with Crippen LogP contribution in [0.15, 0.2) is 79.1 Å². The first-order chi connectivity index (χ1) is 19.8. The molecule has 0 saturated heterocycles. The number of anilines is 1. The van der Waals surface area contributed by atoms with Crippen LogP contribution in [0.4, 0.5) is 14.5 Å². The first-order valence-corrected chi connectivity index (χ1v) is 12.6. The van der Waals surface area contributed by atoms with Crippen LogP contribution in [0.3, 0.4) is 0 Å². The second-order valence-corrected chi connectivity index (χ2v) is 9.42. The average Bonchev–Trinajstić information content (AvgIpc) is 3.37. The number of nitrogens with one attached hydrogen (secondary N) is 1. The topological polar surface area (TPSA) is 124 Å². The minimum Gasteiger partial charge on any atom is -0.451 e. The van der Waals surface area contributed by atoms with Gasteiger partial charge in [0.15, 0.2) is 17.3 Å². The van der Waals surface area contributed by atoms with Gasteiger partial charge in [-0.2, -0.15) is 5.26 Å². The normalized spacial score (nSPS) is 11.7. The van der Waals surface area contributed by atoms with Crippen LogP contribution in [0.25, 0.3) is 22.3 Å². The van der Waals surface area contributed by atoms with E-state index in [4.69, 9.17) is 4.74 Å². The number of nitriles is 1.